The minimum Gasteiger partial charge on any atom is -0.255 e. The Bertz CT molecular complexity index is 257. The Morgan fingerprint density at radius 3 is 2.55 bits per heavy atom. The Labute approximate surface area is 71.6 Å². The van der Waals surface area contributed by atoms with Crippen molar-refractivity contribution < 1.29 is 8.78 Å². The molecule has 0 aliphatic heterocycles. The van der Waals surface area contributed by atoms with Gasteiger partial charge in [-0.1, -0.05) is 15.9 Å². The zero-order valence-electron chi connectivity index (χ0n) is 5.81. The lowest BCUT2D eigenvalue weighted by Crippen LogP contribution is -2.08. The minimum atomic E-state index is -2.86. The summed E-state index contributed by atoms with van der Waals surface area (Å²) in [4.78, 5) is 3.53. The summed E-state index contributed by atoms with van der Waals surface area (Å²) in [5.74, 6) is -2.86. The summed E-state index contributed by atoms with van der Waals surface area (Å²) in [6.07, 6.45) is 1.34. The van der Waals surface area contributed by atoms with Gasteiger partial charge in [0, 0.05) is 17.6 Å². The minimum absolute atomic E-state index is 0.216. The first kappa shape index (κ1) is 8.59. The van der Waals surface area contributed by atoms with Crippen LogP contribution < -0.4 is 0 Å². The molecule has 0 aliphatic rings. The molecule has 0 unspecified atom stereocenters. The number of aromatic nitrogens is 1. The van der Waals surface area contributed by atoms with Crippen LogP contribution in [0.3, 0.4) is 0 Å². The predicted molar refractivity (Wildman–Crippen MR) is 41.5 cm³/mol. The molecule has 1 heterocycles. The first-order valence-corrected chi connectivity index (χ1v) is 3.79. The topological polar surface area (TPSA) is 12.9 Å². The van der Waals surface area contributed by atoms with Gasteiger partial charge in [-0.2, -0.15) is 8.78 Å². The van der Waals surface area contributed by atoms with Crippen molar-refractivity contribution in [2.24, 2.45) is 0 Å². The highest BCUT2D eigenvalue weighted by atomic mass is 79.9. The Kier molecular flexibility index (Phi) is 2.23. The van der Waals surface area contributed by atoms with Gasteiger partial charge in [-0.15, -0.1) is 0 Å². The molecule has 0 spiro atoms. The molecule has 4 heteroatoms. The van der Waals surface area contributed by atoms with Gasteiger partial charge in [0.15, 0.2) is 0 Å². The van der Waals surface area contributed by atoms with Crippen LogP contribution in [0.2, 0.25) is 0 Å². The lowest BCUT2D eigenvalue weighted by atomic mass is 10.2. The van der Waals surface area contributed by atoms with E-state index in [9.17, 15) is 8.78 Å². The smallest absolute Gasteiger partial charge is 0.255 e. The van der Waals surface area contributed by atoms with Crippen molar-refractivity contribution in [2.45, 2.75) is 12.8 Å². The fourth-order valence-corrected chi connectivity index (χ4v) is 0.980. The molecule has 0 saturated carbocycles. The predicted octanol–water partition coefficient (Wildman–Crippen LogP) is 2.96. The SMILES string of the molecule is CC(F)(F)c1cc(Br)ccn1. The maximum atomic E-state index is 12.6. The van der Waals surface area contributed by atoms with Crippen molar-refractivity contribution in [1.82, 2.24) is 4.98 Å². The van der Waals surface area contributed by atoms with E-state index in [2.05, 4.69) is 20.9 Å². The number of pyridine rings is 1. The molecule has 0 aliphatic carbocycles. The van der Waals surface area contributed by atoms with E-state index in [1.54, 1.807) is 6.07 Å². The number of alkyl halides is 2. The summed E-state index contributed by atoms with van der Waals surface area (Å²) in [6.45, 7) is 0.821. The van der Waals surface area contributed by atoms with E-state index < -0.39 is 5.92 Å². The average molecular weight is 222 g/mol. The summed E-state index contributed by atoms with van der Waals surface area (Å²) >= 11 is 3.08. The van der Waals surface area contributed by atoms with Gasteiger partial charge in [-0.25, -0.2) is 0 Å². The van der Waals surface area contributed by atoms with E-state index in [1.807, 2.05) is 0 Å². The Hall–Kier alpha value is -0.510. The molecule has 0 radical (unpaired) electrons. The number of rotatable bonds is 1. The third kappa shape index (κ3) is 2.22. The summed E-state index contributed by atoms with van der Waals surface area (Å²) in [6, 6.07) is 2.91. The fourth-order valence-electron chi connectivity index (χ4n) is 0.645. The number of hydrogen-bond acceptors (Lipinski definition) is 1. The van der Waals surface area contributed by atoms with Gasteiger partial charge in [-0.3, -0.25) is 4.98 Å². The zero-order chi connectivity index (χ0) is 8.48. The summed E-state index contributed by atoms with van der Waals surface area (Å²) in [5.41, 5.74) is -0.216. The highest BCUT2D eigenvalue weighted by Crippen LogP contribution is 2.26. The molecule has 0 N–H and O–H groups in total. The van der Waals surface area contributed by atoms with Crippen LogP contribution in [0.4, 0.5) is 8.78 Å². The van der Waals surface area contributed by atoms with Gasteiger partial charge in [0.25, 0.3) is 5.92 Å². The molecule has 60 valence electrons. The summed E-state index contributed by atoms with van der Waals surface area (Å²) in [7, 11) is 0. The lowest BCUT2D eigenvalue weighted by Gasteiger charge is -2.08. The van der Waals surface area contributed by atoms with Crippen LogP contribution in [-0.4, -0.2) is 4.98 Å². The van der Waals surface area contributed by atoms with Crippen molar-refractivity contribution >= 4 is 15.9 Å². The number of hydrogen-bond donors (Lipinski definition) is 0. The van der Waals surface area contributed by atoms with Gasteiger partial charge < -0.3 is 0 Å². The largest absolute Gasteiger partial charge is 0.287 e. The normalized spacial score (nSPS) is 11.6. The second-order valence-corrected chi connectivity index (χ2v) is 3.16. The van der Waals surface area contributed by atoms with Crippen LogP contribution in [-0.2, 0) is 5.92 Å². The van der Waals surface area contributed by atoms with E-state index in [0.29, 0.717) is 4.47 Å². The lowest BCUT2D eigenvalue weighted by molar-refractivity contribution is 0.0127. The van der Waals surface area contributed by atoms with Gasteiger partial charge in [-0.05, 0) is 12.1 Å². The monoisotopic (exact) mass is 221 g/mol. The van der Waals surface area contributed by atoms with Crippen molar-refractivity contribution in [3.05, 3.63) is 28.5 Å². The van der Waals surface area contributed by atoms with Crippen LogP contribution in [0.25, 0.3) is 0 Å². The third-order valence-corrected chi connectivity index (χ3v) is 1.66. The molecular weight excluding hydrogens is 216 g/mol. The molecule has 11 heavy (non-hydrogen) atoms. The molecular formula is C7H6BrF2N. The first-order chi connectivity index (χ1) is 5.00. The zero-order valence-corrected chi connectivity index (χ0v) is 7.40. The fraction of sp³-hybridized carbons (Fsp3) is 0.286. The molecule has 1 aromatic rings. The Morgan fingerprint density at radius 2 is 2.18 bits per heavy atom. The summed E-state index contributed by atoms with van der Waals surface area (Å²) < 4.78 is 25.7. The standard InChI is InChI=1S/C7H6BrF2N/c1-7(9,10)6-4-5(8)2-3-11-6/h2-4H,1H3. The van der Waals surface area contributed by atoms with Crippen LogP contribution in [0.15, 0.2) is 22.8 Å². The van der Waals surface area contributed by atoms with E-state index in [-0.39, 0.29) is 5.69 Å². The van der Waals surface area contributed by atoms with Gasteiger partial charge in [0.2, 0.25) is 0 Å². The quantitative estimate of drug-likeness (QED) is 0.711. The molecule has 0 atom stereocenters. The van der Waals surface area contributed by atoms with Crippen LogP contribution in [0, 0.1) is 0 Å². The molecule has 1 aromatic heterocycles. The second kappa shape index (κ2) is 2.85. The number of halogens is 3. The Morgan fingerprint density at radius 1 is 1.55 bits per heavy atom. The van der Waals surface area contributed by atoms with Crippen molar-refractivity contribution in [3.63, 3.8) is 0 Å². The highest BCUT2D eigenvalue weighted by Gasteiger charge is 2.25. The van der Waals surface area contributed by atoms with Crippen LogP contribution in [0.1, 0.15) is 12.6 Å². The molecule has 1 nitrogen and oxygen atoms in total. The van der Waals surface area contributed by atoms with E-state index in [1.165, 1.54) is 12.3 Å². The maximum Gasteiger partial charge on any atom is 0.287 e. The van der Waals surface area contributed by atoms with Crippen molar-refractivity contribution in [1.29, 1.82) is 0 Å². The van der Waals surface area contributed by atoms with Crippen LogP contribution >= 0.6 is 15.9 Å². The average Bonchev–Trinajstić information content (AvgIpc) is 1.86. The molecule has 0 amide bonds. The number of nitrogens with zero attached hydrogens (tertiary/aromatic N) is 1. The van der Waals surface area contributed by atoms with Crippen molar-refractivity contribution in [3.8, 4) is 0 Å². The second-order valence-electron chi connectivity index (χ2n) is 2.25. The van der Waals surface area contributed by atoms with E-state index in [0.717, 1.165) is 6.92 Å². The molecule has 0 fully saturated rings. The van der Waals surface area contributed by atoms with Gasteiger partial charge >= 0.3 is 0 Å². The van der Waals surface area contributed by atoms with Crippen LogP contribution in [0.5, 0.6) is 0 Å². The molecule has 0 aromatic carbocycles. The van der Waals surface area contributed by atoms with Crippen molar-refractivity contribution in [2.75, 3.05) is 0 Å². The maximum absolute atomic E-state index is 12.6. The third-order valence-electron chi connectivity index (χ3n) is 1.17. The molecule has 0 saturated heterocycles. The van der Waals surface area contributed by atoms with Gasteiger partial charge in [0.1, 0.15) is 5.69 Å². The molecule has 1 rings (SSSR count). The van der Waals surface area contributed by atoms with Gasteiger partial charge in [0.05, 0.1) is 0 Å². The Balaban J connectivity index is 3.06. The summed E-state index contributed by atoms with van der Waals surface area (Å²) in [5, 5.41) is 0. The first-order valence-electron chi connectivity index (χ1n) is 3.00. The van der Waals surface area contributed by atoms with E-state index in [4.69, 9.17) is 0 Å². The highest BCUT2D eigenvalue weighted by molar-refractivity contribution is 9.10. The molecule has 0 bridgehead atoms. The van der Waals surface area contributed by atoms with E-state index >= 15 is 0 Å².